The number of benzene rings is 1. The molecule has 0 unspecified atom stereocenters. The second-order valence-corrected chi connectivity index (χ2v) is 4.80. The van der Waals surface area contributed by atoms with Crippen molar-refractivity contribution < 1.29 is 4.79 Å². The highest BCUT2D eigenvalue weighted by Gasteiger charge is 2.10. The highest BCUT2D eigenvalue weighted by molar-refractivity contribution is 6.05. The molecule has 1 heterocycles. The van der Waals surface area contributed by atoms with Gasteiger partial charge in [0.2, 0.25) is 0 Å². The smallest absolute Gasteiger partial charge is 0.255 e. The Labute approximate surface area is 119 Å². The van der Waals surface area contributed by atoms with Gasteiger partial charge in [-0.25, -0.2) is 0 Å². The zero-order valence-corrected chi connectivity index (χ0v) is 11.8. The zero-order chi connectivity index (χ0) is 14.5. The van der Waals surface area contributed by atoms with Crippen LogP contribution in [-0.4, -0.2) is 17.4 Å². The summed E-state index contributed by atoms with van der Waals surface area (Å²) in [6.07, 6.45) is 2.31. The van der Waals surface area contributed by atoms with Gasteiger partial charge in [0, 0.05) is 29.6 Å². The summed E-state index contributed by atoms with van der Waals surface area (Å²) >= 11 is 0. The molecule has 0 aliphatic rings. The third-order valence-corrected chi connectivity index (χ3v) is 3.20. The lowest BCUT2D eigenvalue weighted by molar-refractivity contribution is 0.102. The molecule has 4 heteroatoms. The number of aromatic nitrogens is 1. The third kappa shape index (κ3) is 3.22. The van der Waals surface area contributed by atoms with Gasteiger partial charge in [0.1, 0.15) is 0 Å². The van der Waals surface area contributed by atoms with Crippen LogP contribution in [-0.2, 0) is 6.42 Å². The number of nitrogens with one attached hydrogen (secondary N) is 1. The van der Waals surface area contributed by atoms with Crippen molar-refractivity contribution >= 4 is 11.6 Å². The number of carbonyl (C=O) groups excluding carboxylic acids is 1. The van der Waals surface area contributed by atoms with Crippen LogP contribution in [0.25, 0.3) is 0 Å². The number of anilines is 1. The summed E-state index contributed by atoms with van der Waals surface area (Å²) in [6.45, 7) is 4.49. The summed E-state index contributed by atoms with van der Waals surface area (Å²) in [5.41, 5.74) is 9.92. The number of nitrogens with two attached hydrogens (primary N) is 1. The van der Waals surface area contributed by atoms with E-state index in [1.807, 2.05) is 32.0 Å². The molecule has 1 aromatic heterocycles. The fraction of sp³-hybridized carbons (Fsp3) is 0.250. The molecular formula is C16H19N3O. The Kier molecular flexibility index (Phi) is 4.48. The highest BCUT2D eigenvalue weighted by Crippen LogP contribution is 2.20. The topological polar surface area (TPSA) is 68.0 Å². The van der Waals surface area contributed by atoms with E-state index < -0.39 is 0 Å². The fourth-order valence-electron chi connectivity index (χ4n) is 2.10. The van der Waals surface area contributed by atoms with Crippen LogP contribution < -0.4 is 11.1 Å². The average Bonchev–Trinajstić information content (AvgIpc) is 2.43. The van der Waals surface area contributed by atoms with Gasteiger partial charge < -0.3 is 11.1 Å². The predicted octanol–water partition coefficient (Wildman–Crippen LogP) is 2.45. The van der Waals surface area contributed by atoms with Gasteiger partial charge in [-0.1, -0.05) is 18.2 Å². The summed E-state index contributed by atoms with van der Waals surface area (Å²) in [4.78, 5) is 16.5. The molecule has 2 aromatic rings. The van der Waals surface area contributed by atoms with E-state index in [0.29, 0.717) is 18.5 Å². The van der Waals surface area contributed by atoms with Crippen LogP contribution >= 0.6 is 0 Å². The quantitative estimate of drug-likeness (QED) is 0.895. The normalized spacial score (nSPS) is 10.3. The van der Waals surface area contributed by atoms with Gasteiger partial charge in [-0.2, -0.15) is 0 Å². The molecule has 0 aliphatic heterocycles. The Bertz CT molecular complexity index is 603. The van der Waals surface area contributed by atoms with Gasteiger partial charge in [-0.3, -0.25) is 9.78 Å². The molecule has 0 saturated heterocycles. The van der Waals surface area contributed by atoms with Gasteiger partial charge in [-0.05, 0) is 43.7 Å². The summed E-state index contributed by atoms with van der Waals surface area (Å²) in [6, 6.07) is 9.44. The highest BCUT2D eigenvalue weighted by atomic mass is 16.1. The largest absolute Gasteiger partial charge is 0.330 e. The minimum absolute atomic E-state index is 0.122. The van der Waals surface area contributed by atoms with E-state index in [1.54, 1.807) is 18.3 Å². The van der Waals surface area contributed by atoms with Crippen LogP contribution in [0.3, 0.4) is 0 Å². The summed E-state index contributed by atoms with van der Waals surface area (Å²) < 4.78 is 0. The molecule has 0 fully saturated rings. The number of aryl methyl sites for hydroxylation is 2. The minimum Gasteiger partial charge on any atom is -0.330 e. The van der Waals surface area contributed by atoms with Crippen molar-refractivity contribution in [3.8, 4) is 0 Å². The molecule has 0 radical (unpaired) electrons. The van der Waals surface area contributed by atoms with Crippen molar-refractivity contribution in [1.82, 2.24) is 4.98 Å². The van der Waals surface area contributed by atoms with Crippen LogP contribution in [0, 0.1) is 13.8 Å². The maximum atomic E-state index is 12.3. The molecule has 4 nitrogen and oxygen atoms in total. The van der Waals surface area contributed by atoms with Crippen molar-refractivity contribution in [3.05, 3.63) is 58.9 Å². The van der Waals surface area contributed by atoms with E-state index in [0.717, 1.165) is 22.5 Å². The molecule has 2 rings (SSSR count). The van der Waals surface area contributed by atoms with E-state index in [1.165, 1.54) is 0 Å². The zero-order valence-electron chi connectivity index (χ0n) is 11.8. The number of rotatable bonds is 4. The summed E-state index contributed by atoms with van der Waals surface area (Å²) in [5, 5.41) is 2.97. The second kappa shape index (κ2) is 6.30. The van der Waals surface area contributed by atoms with Crippen LogP contribution in [0.1, 0.15) is 27.2 Å². The first-order chi connectivity index (χ1) is 9.61. The second-order valence-electron chi connectivity index (χ2n) is 4.80. The van der Waals surface area contributed by atoms with Crippen molar-refractivity contribution in [2.24, 2.45) is 5.73 Å². The van der Waals surface area contributed by atoms with Gasteiger partial charge in [-0.15, -0.1) is 0 Å². The van der Waals surface area contributed by atoms with Crippen molar-refractivity contribution in [2.75, 3.05) is 11.9 Å². The van der Waals surface area contributed by atoms with E-state index in [-0.39, 0.29) is 5.91 Å². The lowest BCUT2D eigenvalue weighted by atomic mass is 10.1. The summed E-state index contributed by atoms with van der Waals surface area (Å²) in [7, 11) is 0. The fourth-order valence-corrected chi connectivity index (χ4v) is 2.10. The molecule has 20 heavy (non-hydrogen) atoms. The maximum Gasteiger partial charge on any atom is 0.255 e. The first kappa shape index (κ1) is 14.2. The van der Waals surface area contributed by atoms with Gasteiger partial charge in [0.05, 0.1) is 0 Å². The monoisotopic (exact) mass is 269 g/mol. The molecule has 0 saturated carbocycles. The number of hydrogen-bond acceptors (Lipinski definition) is 3. The standard InChI is InChI=1S/C16H19N3O/c1-11-4-3-5-12(2)15(11)19-16(20)13-7-9-18-14(10-13)6-8-17/h3-5,7,9-10H,6,8,17H2,1-2H3,(H,19,20). The average molecular weight is 269 g/mol. The van der Waals surface area contributed by atoms with E-state index in [4.69, 9.17) is 5.73 Å². The van der Waals surface area contributed by atoms with Crippen molar-refractivity contribution in [3.63, 3.8) is 0 Å². The van der Waals surface area contributed by atoms with E-state index >= 15 is 0 Å². The molecule has 1 aromatic carbocycles. The van der Waals surface area contributed by atoms with E-state index in [9.17, 15) is 4.79 Å². The number of nitrogens with zero attached hydrogens (tertiary/aromatic N) is 1. The minimum atomic E-state index is -0.122. The Morgan fingerprint density at radius 2 is 1.95 bits per heavy atom. The number of pyridine rings is 1. The molecule has 1 amide bonds. The molecule has 0 spiro atoms. The Morgan fingerprint density at radius 1 is 1.25 bits per heavy atom. The van der Waals surface area contributed by atoms with Crippen LogP contribution in [0.4, 0.5) is 5.69 Å². The number of hydrogen-bond donors (Lipinski definition) is 2. The van der Waals surface area contributed by atoms with Crippen molar-refractivity contribution in [2.45, 2.75) is 20.3 Å². The Morgan fingerprint density at radius 3 is 2.60 bits per heavy atom. The first-order valence-corrected chi connectivity index (χ1v) is 6.64. The molecular weight excluding hydrogens is 250 g/mol. The molecule has 0 atom stereocenters. The SMILES string of the molecule is Cc1cccc(C)c1NC(=O)c1ccnc(CCN)c1. The number of carbonyl (C=O) groups is 1. The maximum absolute atomic E-state index is 12.3. The predicted molar refractivity (Wildman–Crippen MR) is 80.9 cm³/mol. The van der Waals surface area contributed by atoms with Crippen LogP contribution in [0.15, 0.2) is 36.5 Å². The number of amides is 1. The Hall–Kier alpha value is -2.20. The van der Waals surface area contributed by atoms with Crippen LogP contribution in [0.2, 0.25) is 0 Å². The Balaban J connectivity index is 2.22. The lowest BCUT2D eigenvalue weighted by Crippen LogP contribution is -2.15. The molecule has 104 valence electrons. The van der Waals surface area contributed by atoms with Gasteiger partial charge in [0.15, 0.2) is 0 Å². The molecule has 0 aliphatic carbocycles. The number of para-hydroxylation sites is 1. The first-order valence-electron chi connectivity index (χ1n) is 6.64. The third-order valence-electron chi connectivity index (χ3n) is 3.20. The molecule has 0 bridgehead atoms. The van der Waals surface area contributed by atoms with Gasteiger partial charge >= 0.3 is 0 Å². The molecule has 3 N–H and O–H groups in total. The lowest BCUT2D eigenvalue weighted by Gasteiger charge is -2.11. The van der Waals surface area contributed by atoms with Gasteiger partial charge in [0.25, 0.3) is 5.91 Å². The van der Waals surface area contributed by atoms with E-state index in [2.05, 4.69) is 10.3 Å². The summed E-state index contributed by atoms with van der Waals surface area (Å²) in [5.74, 6) is -0.122. The van der Waals surface area contributed by atoms with Crippen molar-refractivity contribution in [1.29, 1.82) is 0 Å². The van der Waals surface area contributed by atoms with Crippen LogP contribution in [0.5, 0.6) is 0 Å².